The van der Waals surface area contributed by atoms with Gasteiger partial charge >= 0.3 is 0 Å². The summed E-state index contributed by atoms with van der Waals surface area (Å²) < 4.78 is 28.4. The number of hydrogen-bond acceptors (Lipinski definition) is 4. The lowest BCUT2D eigenvalue weighted by molar-refractivity contribution is 0.305. The van der Waals surface area contributed by atoms with E-state index in [-0.39, 0.29) is 5.75 Å². The number of halogens is 1. The van der Waals surface area contributed by atoms with Gasteiger partial charge in [-0.2, -0.15) is 5.10 Å². The van der Waals surface area contributed by atoms with Gasteiger partial charge in [0.2, 0.25) is 9.05 Å². The molecule has 1 heterocycles. The van der Waals surface area contributed by atoms with Crippen molar-refractivity contribution >= 4 is 19.7 Å². The number of aryl methyl sites for hydroxylation is 1. The monoisotopic (exact) mass is 280 g/mol. The highest BCUT2D eigenvalue weighted by Crippen LogP contribution is 2.09. The van der Waals surface area contributed by atoms with Crippen LogP contribution in [0.1, 0.15) is 25.7 Å². The molecule has 0 aliphatic rings. The summed E-state index contributed by atoms with van der Waals surface area (Å²) in [5.41, 5.74) is 0. The zero-order chi connectivity index (χ0) is 12.7. The molecule has 1 rings (SSSR count). The minimum atomic E-state index is -3.33. The molecule has 0 unspecified atom stereocenters. The second-order valence-corrected chi connectivity index (χ2v) is 6.75. The molecule has 0 aliphatic carbocycles. The maximum absolute atomic E-state index is 10.6. The van der Waals surface area contributed by atoms with Gasteiger partial charge < -0.3 is 4.74 Å². The highest BCUT2D eigenvalue weighted by molar-refractivity contribution is 8.13. The summed E-state index contributed by atoms with van der Waals surface area (Å²) in [5.74, 6) is 0.814. The van der Waals surface area contributed by atoms with Crippen molar-refractivity contribution in [2.75, 3.05) is 12.4 Å². The average molecular weight is 281 g/mol. The van der Waals surface area contributed by atoms with E-state index in [0.29, 0.717) is 13.0 Å². The molecule has 0 bridgehead atoms. The summed E-state index contributed by atoms with van der Waals surface area (Å²) >= 11 is 0. The van der Waals surface area contributed by atoms with Gasteiger partial charge in [-0.15, -0.1) is 0 Å². The molecule has 98 valence electrons. The maximum Gasteiger partial charge on any atom is 0.232 e. The van der Waals surface area contributed by atoms with E-state index < -0.39 is 9.05 Å². The van der Waals surface area contributed by atoms with E-state index in [1.54, 1.807) is 17.1 Å². The Morgan fingerprint density at radius 3 is 2.65 bits per heavy atom. The van der Waals surface area contributed by atoms with E-state index in [4.69, 9.17) is 15.4 Å². The maximum atomic E-state index is 10.6. The van der Waals surface area contributed by atoms with Gasteiger partial charge in [-0.1, -0.05) is 12.8 Å². The van der Waals surface area contributed by atoms with Crippen LogP contribution in [0.25, 0.3) is 0 Å². The van der Waals surface area contributed by atoms with Gasteiger partial charge in [-0.25, -0.2) is 8.42 Å². The highest BCUT2D eigenvalue weighted by Gasteiger charge is 2.03. The van der Waals surface area contributed by atoms with Crippen LogP contribution in [0, 0.1) is 0 Å². The van der Waals surface area contributed by atoms with Gasteiger partial charge in [-0.3, -0.25) is 4.68 Å². The SMILES string of the molecule is Cn1cc(OCCCCCCS(=O)(=O)Cl)cn1. The number of unbranched alkanes of at least 4 members (excludes halogenated alkanes) is 3. The number of aromatic nitrogens is 2. The quantitative estimate of drug-likeness (QED) is 0.539. The van der Waals surface area contributed by atoms with Crippen LogP contribution in [-0.2, 0) is 16.1 Å². The molecule has 1 aromatic rings. The van der Waals surface area contributed by atoms with E-state index in [0.717, 1.165) is 25.0 Å². The lowest BCUT2D eigenvalue weighted by Gasteiger charge is -2.02. The average Bonchev–Trinajstić information content (AvgIpc) is 2.61. The first-order valence-electron chi connectivity index (χ1n) is 5.51. The zero-order valence-electron chi connectivity index (χ0n) is 9.80. The number of nitrogens with zero attached hydrogens (tertiary/aromatic N) is 2. The first-order chi connectivity index (χ1) is 7.97. The van der Waals surface area contributed by atoms with Crippen LogP contribution >= 0.6 is 10.7 Å². The fourth-order valence-corrected chi connectivity index (χ4v) is 2.27. The third-order valence-electron chi connectivity index (χ3n) is 2.23. The Morgan fingerprint density at radius 1 is 1.35 bits per heavy atom. The number of hydrogen-bond donors (Lipinski definition) is 0. The normalized spacial score (nSPS) is 11.6. The molecular formula is C10H17ClN2O3S. The predicted molar refractivity (Wildman–Crippen MR) is 66.8 cm³/mol. The van der Waals surface area contributed by atoms with Crippen molar-refractivity contribution in [2.45, 2.75) is 25.7 Å². The van der Waals surface area contributed by atoms with E-state index in [1.165, 1.54) is 0 Å². The summed E-state index contributed by atoms with van der Waals surface area (Å²) in [6.45, 7) is 0.624. The Labute approximate surface area is 106 Å². The molecule has 17 heavy (non-hydrogen) atoms. The van der Waals surface area contributed by atoms with Gasteiger partial charge in [0.25, 0.3) is 0 Å². The number of rotatable bonds is 8. The molecular weight excluding hydrogens is 264 g/mol. The lowest BCUT2D eigenvalue weighted by Crippen LogP contribution is -1.99. The largest absolute Gasteiger partial charge is 0.490 e. The van der Waals surface area contributed by atoms with Crippen LogP contribution in [0.4, 0.5) is 0 Å². The number of ether oxygens (including phenoxy) is 1. The molecule has 0 aliphatic heterocycles. The van der Waals surface area contributed by atoms with Crippen LogP contribution < -0.4 is 4.74 Å². The van der Waals surface area contributed by atoms with E-state index in [1.807, 2.05) is 7.05 Å². The summed E-state index contributed by atoms with van der Waals surface area (Å²) in [6, 6.07) is 0. The first-order valence-corrected chi connectivity index (χ1v) is 7.99. The molecule has 0 radical (unpaired) electrons. The van der Waals surface area contributed by atoms with Crippen molar-refractivity contribution in [2.24, 2.45) is 7.05 Å². The fraction of sp³-hybridized carbons (Fsp3) is 0.700. The van der Waals surface area contributed by atoms with E-state index in [9.17, 15) is 8.42 Å². The first kappa shape index (κ1) is 14.3. The lowest BCUT2D eigenvalue weighted by atomic mass is 10.2. The van der Waals surface area contributed by atoms with Crippen molar-refractivity contribution in [1.29, 1.82) is 0 Å². The molecule has 1 aromatic heterocycles. The van der Waals surface area contributed by atoms with Crippen LogP contribution in [0.2, 0.25) is 0 Å². The minimum absolute atomic E-state index is 0.0536. The molecule has 0 aromatic carbocycles. The van der Waals surface area contributed by atoms with Gasteiger partial charge in [-0.05, 0) is 12.8 Å². The summed E-state index contributed by atoms with van der Waals surface area (Å²) in [7, 11) is 3.60. The van der Waals surface area contributed by atoms with Crippen LogP contribution in [0.3, 0.4) is 0 Å². The molecule has 0 spiro atoms. The fourth-order valence-electron chi connectivity index (χ4n) is 1.39. The van der Waals surface area contributed by atoms with Crippen LogP contribution in [0.15, 0.2) is 12.4 Å². The minimum Gasteiger partial charge on any atom is -0.490 e. The molecule has 0 N–H and O–H groups in total. The second kappa shape index (κ2) is 6.86. The van der Waals surface area contributed by atoms with Gasteiger partial charge in [0.05, 0.1) is 24.8 Å². The summed E-state index contributed by atoms with van der Waals surface area (Å²) in [6.07, 6.45) is 6.77. The van der Waals surface area contributed by atoms with Crippen molar-refractivity contribution in [3.8, 4) is 5.75 Å². The van der Waals surface area contributed by atoms with Gasteiger partial charge in [0, 0.05) is 17.7 Å². The summed E-state index contributed by atoms with van der Waals surface area (Å²) in [4.78, 5) is 0. The molecule has 0 fully saturated rings. The Morgan fingerprint density at radius 2 is 2.06 bits per heavy atom. The van der Waals surface area contributed by atoms with Crippen molar-refractivity contribution in [1.82, 2.24) is 9.78 Å². The third kappa shape index (κ3) is 7.23. The molecule has 7 heteroatoms. The molecule has 0 saturated carbocycles. The molecule has 0 saturated heterocycles. The molecule has 5 nitrogen and oxygen atoms in total. The Bertz CT molecular complexity index is 431. The predicted octanol–water partition coefficient (Wildman–Crippen LogP) is 1.93. The third-order valence-corrected chi connectivity index (χ3v) is 3.47. The zero-order valence-corrected chi connectivity index (χ0v) is 11.4. The Kier molecular flexibility index (Phi) is 5.77. The second-order valence-electron chi connectivity index (χ2n) is 3.86. The van der Waals surface area contributed by atoms with Crippen molar-refractivity contribution in [3.05, 3.63) is 12.4 Å². The van der Waals surface area contributed by atoms with Crippen molar-refractivity contribution < 1.29 is 13.2 Å². The highest BCUT2D eigenvalue weighted by atomic mass is 35.7. The van der Waals surface area contributed by atoms with Crippen LogP contribution in [0.5, 0.6) is 5.75 Å². The summed E-state index contributed by atoms with van der Waals surface area (Å²) in [5, 5.41) is 3.98. The standard InChI is InChI=1S/C10H17ClN2O3S/c1-13-9-10(8-12-13)16-6-4-2-3-5-7-17(11,14)15/h8-9H,2-7H2,1H3. The smallest absolute Gasteiger partial charge is 0.232 e. The van der Waals surface area contributed by atoms with Crippen molar-refractivity contribution in [3.63, 3.8) is 0 Å². The van der Waals surface area contributed by atoms with E-state index >= 15 is 0 Å². The van der Waals surface area contributed by atoms with Gasteiger partial charge in [0.1, 0.15) is 0 Å². The molecule has 0 amide bonds. The molecule has 0 atom stereocenters. The van der Waals surface area contributed by atoms with E-state index in [2.05, 4.69) is 5.10 Å². The Balaban J connectivity index is 1.98. The van der Waals surface area contributed by atoms with Gasteiger partial charge in [0.15, 0.2) is 5.75 Å². The Hall–Kier alpha value is -0.750. The van der Waals surface area contributed by atoms with Crippen LogP contribution in [-0.4, -0.2) is 30.6 Å². The topological polar surface area (TPSA) is 61.2 Å².